The summed E-state index contributed by atoms with van der Waals surface area (Å²) in [6, 6.07) is 8.93. The van der Waals surface area contributed by atoms with E-state index in [4.69, 9.17) is 9.47 Å². The molecule has 2 aromatic rings. The predicted octanol–water partition coefficient (Wildman–Crippen LogP) is 3.74. The standard InChI is InChI=1S/C25H24O7/c1-15(2)25(30)24(20(28)11-7-16-5-9-18(26)22(13-16)31-3)21(29)12-8-17-6-10-19(27)23(14-17)32-4/h5-14,24,26-27H,1H2,2-4H3/b11-7+,12-8+. The van der Waals surface area contributed by atoms with Crippen LogP contribution >= 0.6 is 0 Å². The number of carbonyl (C=O) groups is 3. The van der Waals surface area contributed by atoms with Crippen LogP contribution in [-0.2, 0) is 14.4 Å². The maximum atomic E-state index is 12.7. The van der Waals surface area contributed by atoms with Gasteiger partial charge in [-0.1, -0.05) is 30.9 Å². The third-order valence-electron chi connectivity index (χ3n) is 4.54. The number of ether oxygens (including phenoxy) is 2. The minimum atomic E-state index is -1.57. The van der Waals surface area contributed by atoms with E-state index < -0.39 is 23.3 Å². The zero-order chi connectivity index (χ0) is 23.8. The number of hydrogen-bond acceptors (Lipinski definition) is 7. The Morgan fingerprint density at radius 2 is 1.25 bits per heavy atom. The Morgan fingerprint density at radius 1 is 0.844 bits per heavy atom. The highest BCUT2D eigenvalue weighted by molar-refractivity contribution is 6.29. The highest BCUT2D eigenvalue weighted by Gasteiger charge is 2.30. The molecule has 0 aliphatic heterocycles. The number of benzene rings is 2. The first-order valence-corrected chi connectivity index (χ1v) is 9.55. The van der Waals surface area contributed by atoms with Gasteiger partial charge < -0.3 is 19.7 Å². The Hall–Kier alpha value is -4.13. The molecule has 0 amide bonds. The number of ketones is 3. The number of methoxy groups -OCH3 is 2. The van der Waals surface area contributed by atoms with Crippen molar-refractivity contribution in [3.63, 3.8) is 0 Å². The van der Waals surface area contributed by atoms with Crippen LogP contribution in [0.15, 0.2) is 60.7 Å². The third kappa shape index (κ3) is 5.95. The molecule has 7 heteroatoms. The van der Waals surface area contributed by atoms with Gasteiger partial charge >= 0.3 is 0 Å². The van der Waals surface area contributed by atoms with Crippen LogP contribution in [0.3, 0.4) is 0 Å². The van der Waals surface area contributed by atoms with Crippen LogP contribution in [0.4, 0.5) is 0 Å². The van der Waals surface area contributed by atoms with Crippen molar-refractivity contribution in [3.05, 3.63) is 71.8 Å². The molecule has 2 rings (SSSR count). The van der Waals surface area contributed by atoms with Crippen molar-refractivity contribution in [2.45, 2.75) is 6.92 Å². The summed E-state index contributed by atoms with van der Waals surface area (Å²) in [5, 5.41) is 19.3. The number of Topliss-reactive ketones (excluding diaryl/α,β-unsaturated/α-hetero) is 1. The smallest absolute Gasteiger partial charge is 0.176 e. The second-order valence-electron chi connectivity index (χ2n) is 6.91. The summed E-state index contributed by atoms with van der Waals surface area (Å²) >= 11 is 0. The van der Waals surface area contributed by atoms with Crippen LogP contribution < -0.4 is 9.47 Å². The molecule has 2 N–H and O–H groups in total. The van der Waals surface area contributed by atoms with Gasteiger partial charge in [0.15, 0.2) is 40.3 Å². The maximum Gasteiger partial charge on any atom is 0.176 e. The van der Waals surface area contributed by atoms with Crippen molar-refractivity contribution >= 4 is 29.5 Å². The predicted molar refractivity (Wildman–Crippen MR) is 121 cm³/mol. The minimum absolute atomic E-state index is 0.0579. The molecule has 7 nitrogen and oxygen atoms in total. The van der Waals surface area contributed by atoms with E-state index in [1.54, 1.807) is 12.1 Å². The van der Waals surface area contributed by atoms with Gasteiger partial charge in [-0.2, -0.15) is 0 Å². The number of carbonyl (C=O) groups excluding carboxylic acids is 3. The maximum absolute atomic E-state index is 12.7. The molecule has 166 valence electrons. The lowest BCUT2D eigenvalue weighted by atomic mass is 9.89. The number of rotatable bonds is 10. The average molecular weight is 436 g/mol. The average Bonchev–Trinajstić information content (AvgIpc) is 2.77. The zero-order valence-electron chi connectivity index (χ0n) is 18.0. The fraction of sp³-hybridized carbons (Fsp3) is 0.160. The van der Waals surface area contributed by atoms with Crippen LogP contribution in [0.1, 0.15) is 18.1 Å². The van der Waals surface area contributed by atoms with Gasteiger partial charge in [-0.25, -0.2) is 0 Å². The van der Waals surface area contributed by atoms with Crippen molar-refractivity contribution in [2.75, 3.05) is 14.2 Å². The van der Waals surface area contributed by atoms with Crippen molar-refractivity contribution in [1.29, 1.82) is 0 Å². The van der Waals surface area contributed by atoms with E-state index in [9.17, 15) is 24.6 Å². The zero-order valence-corrected chi connectivity index (χ0v) is 18.0. The van der Waals surface area contributed by atoms with Gasteiger partial charge in [0.2, 0.25) is 0 Å². The number of hydrogen-bond donors (Lipinski definition) is 2. The van der Waals surface area contributed by atoms with Gasteiger partial charge in [0.25, 0.3) is 0 Å². The van der Waals surface area contributed by atoms with Gasteiger partial charge in [0.1, 0.15) is 5.92 Å². The van der Waals surface area contributed by atoms with E-state index in [1.165, 1.54) is 57.6 Å². The molecule has 0 unspecified atom stereocenters. The Morgan fingerprint density at radius 3 is 1.59 bits per heavy atom. The summed E-state index contributed by atoms with van der Waals surface area (Å²) in [5.41, 5.74) is 1.15. The number of phenols is 2. The highest BCUT2D eigenvalue weighted by atomic mass is 16.5. The topological polar surface area (TPSA) is 110 Å². The van der Waals surface area contributed by atoms with Crippen LogP contribution in [0.25, 0.3) is 12.2 Å². The highest BCUT2D eigenvalue weighted by Crippen LogP contribution is 2.28. The number of allylic oxidation sites excluding steroid dienone is 3. The van der Waals surface area contributed by atoms with Crippen molar-refractivity contribution < 1.29 is 34.1 Å². The third-order valence-corrected chi connectivity index (χ3v) is 4.54. The summed E-state index contributed by atoms with van der Waals surface area (Å²) in [4.78, 5) is 38.0. The van der Waals surface area contributed by atoms with Crippen molar-refractivity contribution in [2.24, 2.45) is 5.92 Å². The lowest BCUT2D eigenvalue weighted by molar-refractivity contribution is -0.134. The Labute approximate surface area is 185 Å². The van der Waals surface area contributed by atoms with Crippen molar-refractivity contribution in [3.8, 4) is 23.0 Å². The first kappa shape index (κ1) is 24.1. The summed E-state index contributed by atoms with van der Waals surface area (Å²) < 4.78 is 10.0. The van der Waals surface area contributed by atoms with E-state index in [1.807, 2.05) is 0 Å². The molecule has 0 bridgehead atoms. The monoisotopic (exact) mass is 436 g/mol. The fourth-order valence-corrected chi connectivity index (χ4v) is 2.79. The first-order chi connectivity index (χ1) is 15.2. The van der Waals surface area contributed by atoms with Crippen LogP contribution in [-0.4, -0.2) is 41.8 Å². The molecule has 2 aromatic carbocycles. The summed E-state index contributed by atoms with van der Waals surface area (Å²) in [7, 11) is 2.79. The summed E-state index contributed by atoms with van der Waals surface area (Å²) in [5.74, 6) is -3.34. The van der Waals surface area contributed by atoms with E-state index in [0.717, 1.165) is 12.2 Å². The van der Waals surface area contributed by atoms with Crippen LogP contribution in [0, 0.1) is 5.92 Å². The quantitative estimate of drug-likeness (QED) is 0.431. The van der Waals surface area contributed by atoms with E-state index in [0.29, 0.717) is 11.1 Å². The molecule has 0 saturated carbocycles. The van der Waals surface area contributed by atoms with E-state index in [-0.39, 0.29) is 28.6 Å². The van der Waals surface area contributed by atoms with E-state index in [2.05, 4.69) is 6.58 Å². The molecular formula is C25H24O7. The summed E-state index contributed by atoms with van der Waals surface area (Å²) in [6.07, 6.45) is 5.11. The van der Waals surface area contributed by atoms with Gasteiger partial charge in [-0.3, -0.25) is 14.4 Å². The molecule has 0 fully saturated rings. The van der Waals surface area contributed by atoms with Crippen molar-refractivity contribution in [1.82, 2.24) is 0 Å². The van der Waals surface area contributed by atoms with E-state index >= 15 is 0 Å². The molecule has 0 atom stereocenters. The lowest BCUT2D eigenvalue weighted by Gasteiger charge is -2.10. The Kier molecular flexibility index (Phi) is 8.12. The Bertz CT molecular complexity index is 1030. The second kappa shape index (κ2) is 10.8. The molecule has 0 aromatic heterocycles. The van der Waals surface area contributed by atoms with Gasteiger partial charge in [-0.05, 0) is 60.0 Å². The minimum Gasteiger partial charge on any atom is -0.504 e. The molecular weight excluding hydrogens is 412 g/mol. The SMILES string of the molecule is C=C(C)C(=O)C(C(=O)/C=C/c1ccc(O)c(OC)c1)C(=O)/C=C/c1ccc(O)c(OC)c1. The molecule has 32 heavy (non-hydrogen) atoms. The normalized spacial score (nSPS) is 11.1. The van der Waals surface area contributed by atoms with Crippen LogP contribution in [0.5, 0.6) is 23.0 Å². The van der Waals surface area contributed by atoms with Gasteiger partial charge in [0.05, 0.1) is 14.2 Å². The number of aromatic hydroxyl groups is 2. The molecule has 0 aliphatic carbocycles. The second-order valence-corrected chi connectivity index (χ2v) is 6.91. The molecule has 0 saturated heterocycles. The summed E-state index contributed by atoms with van der Waals surface area (Å²) in [6.45, 7) is 4.98. The number of phenolic OH excluding ortho intramolecular Hbond substituents is 2. The largest absolute Gasteiger partial charge is 0.504 e. The molecule has 0 aliphatic rings. The Balaban J connectivity index is 2.28. The molecule has 0 heterocycles. The first-order valence-electron chi connectivity index (χ1n) is 9.55. The van der Waals surface area contributed by atoms with Crippen LogP contribution in [0.2, 0.25) is 0 Å². The fourth-order valence-electron chi connectivity index (χ4n) is 2.79. The van der Waals surface area contributed by atoms with Gasteiger partial charge in [0, 0.05) is 0 Å². The molecule has 0 spiro atoms. The van der Waals surface area contributed by atoms with Gasteiger partial charge in [-0.15, -0.1) is 0 Å². The lowest BCUT2D eigenvalue weighted by Crippen LogP contribution is -2.30. The molecule has 0 radical (unpaired) electrons.